The molecule has 1 aliphatic rings. The van der Waals surface area contributed by atoms with Gasteiger partial charge in [0.15, 0.2) is 0 Å². The van der Waals surface area contributed by atoms with E-state index in [-0.39, 0.29) is 12.5 Å². The number of aromatic amines is 1. The van der Waals surface area contributed by atoms with Crippen LogP contribution in [0.25, 0.3) is 10.9 Å². The van der Waals surface area contributed by atoms with Gasteiger partial charge in [0.25, 0.3) is 5.91 Å². The summed E-state index contributed by atoms with van der Waals surface area (Å²) < 4.78 is 0. The number of aryl methyl sites for hydroxylation is 2. The van der Waals surface area contributed by atoms with Crippen LogP contribution in [0.1, 0.15) is 34.5 Å². The summed E-state index contributed by atoms with van der Waals surface area (Å²) in [6, 6.07) is 6.42. The zero-order valence-corrected chi connectivity index (χ0v) is 11.9. The van der Waals surface area contributed by atoms with Crippen LogP contribution in [0.4, 0.5) is 0 Å². The number of aliphatic hydroxyl groups is 1. The Labute approximate surface area is 118 Å². The molecule has 1 aromatic carbocycles. The number of carbonyl (C=O) groups excluding carboxylic acids is 1. The smallest absolute Gasteiger partial charge is 0.270 e. The Bertz CT molecular complexity index is 656. The molecule has 0 radical (unpaired) electrons. The summed E-state index contributed by atoms with van der Waals surface area (Å²) in [5.74, 6) is -0.00481. The van der Waals surface area contributed by atoms with Crippen LogP contribution in [0.15, 0.2) is 18.2 Å². The summed E-state index contributed by atoms with van der Waals surface area (Å²) in [7, 11) is 0. The molecule has 1 aromatic heterocycles. The van der Waals surface area contributed by atoms with Gasteiger partial charge in [0.1, 0.15) is 5.69 Å². The number of nitrogens with zero attached hydrogens (tertiary/aromatic N) is 1. The molecule has 2 aromatic rings. The number of hydrogen-bond acceptors (Lipinski definition) is 2. The highest BCUT2D eigenvalue weighted by molar-refractivity contribution is 5.99. The largest absolute Gasteiger partial charge is 0.395 e. The first kappa shape index (κ1) is 13.2. The summed E-state index contributed by atoms with van der Waals surface area (Å²) >= 11 is 0. The molecule has 1 heterocycles. The van der Waals surface area contributed by atoms with Crippen molar-refractivity contribution in [3.8, 4) is 0 Å². The Morgan fingerprint density at radius 1 is 1.35 bits per heavy atom. The average Bonchev–Trinajstić information content (AvgIpc) is 3.14. The van der Waals surface area contributed by atoms with E-state index in [4.69, 9.17) is 5.11 Å². The summed E-state index contributed by atoms with van der Waals surface area (Å²) in [5, 5.41) is 10.2. The zero-order valence-electron chi connectivity index (χ0n) is 11.9. The van der Waals surface area contributed by atoms with E-state index in [1.54, 1.807) is 4.90 Å². The van der Waals surface area contributed by atoms with E-state index in [2.05, 4.69) is 31.0 Å². The van der Waals surface area contributed by atoms with E-state index >= 15 is 0 Å². The molecule has 0 unspecified atom stereocenters. The highest BCUT2D eigenvalue weighted by Gasteiger charge is 2.33. The summed E-state index contributed by atoms with van der Waals surface area (Å²) in [5.41, 5.74) is 3.99. The second-order valence-corrected chi connectivity index (χ2v) is 5.68. The van der Waals surface area contributed by atoms with Crippen LogP contribution in [-0.4, -0.2) is 40.1 Å². The van der Waals surface area contributed by atoms with Crippen molar-refractivity contribution in [1.29, 1.82) is 0 Å². The summed E-state index contributed by atoms with van der Waals surface area (Å²) in [6.45, 7) is 4.54. The molecular weight excluding hydrogens is 252 g/mol. The van der Waals surface area contributed by atoms with Crippen LogP contribution in [0.5, 0.6) is 0 Å². The second-order valence-electron chi connectivity index (χ2n) is 5.68. The Balaban J connectivity index is 1.96. The molecule has 0 bridgehead atoms. The van der Waals surface area contributed by atoms with Gasteiger partial charge in [-0.05, 0) is 49.9 Å². The van der Waals surface area contributed by atoms with Gasteiger partial charge in [0, 0.05) is 23.5 Å². The maximum Gasteiger partial charge on any atom is 0.270 e. The van der Waals surface area contributed by atoms with Gasteiger partial charge >= 0.3 is 0 Å². The summed E-state index contributed by atoms with van der Waals surface area (Å²) in [4.78, 5) is 17.6. The average molecular weight is 272 g/mol. The molecule has 3 rings (SSSR count). The molecule has 0 spiro atoms. The standard InChI is InChI=1S/C16H20N2O2/c1-10-7-11(2)13-9-15(17-14(13)8-10)16(20)18(5-6-19)12-3-4-12/h7-9,12,17,19H,3-6H2,1-2H3. The molecule has 0 atom stereocenters. The third kappa shape index (κ3) is 2.31. The zero-order chi connectivity index (χ0) is 14.3. The minimum absolute atomic E-state index is 0.00481. The molecule has 0 aliphatic heterocycles. The first-order valence-corrected chi connectivity index (χ1v) is 7.12. The molecule has 1 saturated carbocycles. The molecule has 1 amide bonds. The van der Waals surface area contributed by atoms with Crippen molar-refractivity contribution in [1.82, 2.24) is 9.88 Å². The van der Waals surface area contributed by atoms with Gasteiger partial charge in [-0.25, -0.2) is 0 Å². The number of aliphatic hydroxyl groups excluding tert-OH is 1. The van der Waals surface area contributed by atoms with E-state index in [9.17, 15) is 4.79 Å². The first-order chi connectivity index (χ1) is 9.60. The Hall–Kier alpha value is -1.81. The van der Waals surface area contributed by atoms with Crippen molar-refractivity contribution in [2.45, 2.75) is 32.7 Å². The Morgan fingerprint density at radius 2 is 2.10 bits per heavy atom. The normalized spacial score (nSPS) is 14.8. The van der Waals surface area contributed by atoms with Gasteiger partial charge in [-0.15, -0.1) is 0 Å². The maximum absolute atomic E-state index is 12.6. The molecule has 1 aliphatic carbocycles. The number of H-pyrrole nitrogens is 1. The fourth-order valence-corrected chi connectivity index (χ4v) is 2.81. The van der Waals surface area contributed by atoms with Crippen LogP contribution in [0.2, 0.25) is 0 Å². The predicted molar refractivity (Wildman–Crippen MR) is 78.9 cm³/mol. The molecule has 2 N–H and O–H groups in total. The van der Waals surface area contributed by atoms with Crippen molar-refractivity contribution >= 4 is 16.8 Å². The predicted octanol–water partition coefficient (Wildman–Crippen LogP) is 2.38. The first-order valence-electron chi connectivity index (χ1n) is 7.12. The lowest BCUT2D eigenvalue weighted by atomic mass is 10.1. The topological polar surface area (TPSA) is 56.3 Å². The third-order valence-electron chi connectivity index (χ3n) is 3.91. The van der Waals surface area contributed by atoms with Crippen molar-refractivity contribution in [3.05, 3.63) is 35.0 Å². The second kappa shape index (κ2) is 4.94. The van der Waals surface area contributed by atoms with Crippen LogP contribution in [-0.2, 0) is 0 Å². The third-order valence-corrected chi connectivity index (χ3v) is 3.91. The number of aromatic nitrogens is 1. The van der Waals surface area contributed by atoms with E-state index in [1.807, 2.05) is 6.07 Å². The number of hydrogen-bond donors (Lipinski definition) is 2. The fourth-order valence-electron chi connectivity index (χ4n) is 2.81. The SMILES string of the molecule is Cc1cc(C)c2cc(C(=O)N(CCO)C3CC3)[nH]c2c1. The van der Waals surface area contributed by atoms with E-state index < -0.39 is 0 Å². The minimum atomic E-state index is -0.00481. The van der Waals surface area contributed by atoms with E-state index in [1.165, 1.54) is 11.1 Å². The number of rotatable bonds is 4. The van der Waals surface area contributed by atoms with Crippen LogP contribution < -0.4 is 0 Å². The number of amides is 1. The summed E-state index contributed by atoms with van der Waals surface area (Å²) in [6.07, 6.45) is 2.09. The van der Waals surface area contributed by atoms with Crippen molar-refractivity contribution in [2.24, 2.45) is 0 Å². The minimum Gasteiger partial charge on any atom is -0.395 e. The number of nitrogens with one attached hydrogen (secondary N) is 1. The monoisotopic (exact) mass is 272 g/mol. The number of benzene rings is 1. The van der Waals surface area contributed by atoms with Crippen LogP contribution in [0.3, 0.4) is 0 Å². The van der Waals surface area contributed by atoms with E-state index in [0.717, 1.165) is 23.7 Å². The van der Waals surface area contributed by atoms with E-state index in [0.29, 0.717) is 18.3 Å². The van der Waals surface area contributed by atoms with Crippen LogP contribution in [0, 0.1) is 13.8 Å². The van der Waals surface area contributed by atoms with Crippen LogP contribution >= 0.6 is 0 Å². The number of carbonyl (C=O) groups is 1. The Kier molecular flexibility index (Phi) is 3.26. The lowest BCUT2D eigenvalue weighted by molar-refractivity contribution is 0.0702. The van der Waals surface area contributed by atoms with Gasteiger partial charge in [-0.3, -0.25) is 4.79 Å². The van der Waals surface area contributed by atoms with Gasteiger partial charge in [-0.1, -0.05) is 6.07 Å². The molecule has 0 saturated heterocycles. The molecule has 4 nitrogen and oxygen atoms in total. The lowest BCUT2D eigenvalue weighted by Crippen LogP contribution is -2.35. The highest BCUT2D eigenvalue weighted by atomic mass is 16.3. The molecule has 106 valence electrons. The fraction of sp³-hybridized carbons (Fsp3) is 0.438. The molecule has 20 heavy (non-hydrogen) atoms. The highest BCUT2D eigenvalue weighted by Crippen LogP contribution is 2.29. The van der Waals surface area contributed by atoms with Gasteiger partial charge in [0.2, 0.25) is 0 Å². The maximum atomic E-state index is 12.6. The number of fused-ring (bicyclic) bond motifs is 1. The molecule has 1 fully saturated rings. The Morgan fingerprint density at radius 3 is 2.75 bits per heavy atom. The molecular formula is C16H20N2O2. The van der Waals surface area contributed by atoms with Gasteiger partial charge in [-0.2, -0.15) is 0 Å². The lowest BCUT2D eigenvalue weighted by Gasteiger charge is -2.20. The van der Waals surface area contributed by atoms with Crippen molar-refractivity contribution in [3.63, 3.8) is 0 Å². The molecule has 4 heteroatoms. The van der Waals surface area contributed by atoms with Gasteiger partial charge in [0.05, 0.1) is 6.61 Å². The van der Waals surface area contributed by atoms with Gasteiger partial charge < -0.3 is 15.0 Å². The quantitative estimate of drug-likeness (QED) is 0.898. The van der Waals surface area contributed by atoms with Crippen molar-refractivity contribution < 1.29 is 9.90 Å². The van der Waals surface area contributed by atoms with Crippen molar-refractivity contribution in [2.75, 3.05) is 13.2 Å².